The van der Waals surface area contributed by atoms with Gasteiger partial charge in [0.1, 0.15) is 12.1 Å². The molecule has 0 N–H and O–H groups in total. The highest BCUT2D eigenvalue weighted by atomic mass is 19.1. The molecule has 0 saturated heterocycles. The minimum atomic E-state index is -0.265. The molecule has 0 saturated carbocycles. The zero-order chi connectivity index (χ0) is 11.0. The summed E-state index contributed by atoms with van der Waals surface area (Å²) in [5.74, 6) is -0.265. The molecule has 0 atom stereocenters. The van der Waals surface area contributed by atoms with Gasteiger partial charge in [-0.25, -0.2) is 4.39 Å². The smallest absolute Gasteiger partial charge is 0.138 e. The Labute approximate surface area is 86.0 Å². The van der Waals surface area contributed by atoms with Crippen LogP contribution in [0.3, 0.4) is 0 Å². The summed E-state index contributed by atoms with van der Waals surface area (Å²) in [6.45, 7) is 9.52. The van der Waals surface area contributed by atoms with Gasteiger partial charge in [0.15, 0.2) is 0 Å². The number of allylic oxidation sites excluding steroid dienone is 4. The molecule has 0 aromatic heterocycles. The average Bonchev–Trinajstić information content (AvgIpc) is 2.14. The fourth-order valence-electron chi connectivity index (χ4n) is 0.714. The standard InChI is InChI=1S/C12H19FO/c1-5-11(4)7-6-8-12(13)9-14-10(2)3/h6-7,9-10H,4-5,8H2,1-3H3/b7-6?,12-9-. The maximum absolute atomic E-state index is 13.0. The summed E-state index contributed by atoms with van der Waals surface area (Å²) in [5, 5.41) is 0. The van der Waals surface area contributed by atoms with Gasteiger partial charge in [-0.1, -0.05) is 31.2 Å². The monoisotopic (exact) mass is 198 g/mol. The lowest BCUT2D eigenvalue weighted by atomic mass is 10.2. The van der Waals surface area contributed by atoms with Crippen molar-refractivity contribution < 1.29 is 9.13 Å². The normalized spacial score (nSPS) is 12.5. The molecule has 2 heteroatoms. The van der Waals surface area contributed by atoms with Crippen LogP contribution in [0, 0.1) is 0 Å². The molecule has 0 rings (SSSR count). The molecule has 0 heterocycles. The molecule has 0 radical (unpaired) electrons. The Kier molecular flexibility index (Phi) is 6.81. The third-order valence-corrected chi connectivity index (χ3v) is 1.59. The summed E-state index contributed by atoms with van der Waals surface area (Å²) in [5.41, 5.74) is 1.00. The predicted octanol–water partition coefficient (Wildman–Crippen LogP) is 4.13. The second-order valence-electron chi connectivity index (χ2n) is 3.37. The van der Waals surface area contributed by atoms with Crippen molar-refractivity contribution in [1.82, 2.24) is 0 Å². The summed E-state index contributed by atoms with van der Waals surface area (Å²) in [7, 11) is 0. The Hall–Kier alpha value is -1.05. The molecule has 0 bridgehead atoms. The number of ether oxygens (including phenoxy) is 1. The van der Waals surface area contributed by atoms with E-state index in [1.807, 2.05) is 26.8 Å². The molecule has 0 aliphatic carbocycles. The van der Waals surface area contributed by atoms with Crippen LogP contribution in [0.1, 0.15) is 33.6 Å². The van der Waals surface area contributed by atoms with E-state index in [1.165, 1.54) is 6.26 Å². The van der Waals surface area contributed by atoms with Crippen LogP contribution in [0.2, 0.25) is 0 Å². The first-order chi connectivity index (χ1) is 6.56. The third-order valence-electron chi connectivity index (χ3n) is 1.59. The third kappa shape index (κ3) is 7.59. The van der Waals surface area contributed by atoms with Crippen LogP contribution >= 0.6 is 0 Å². The van der Waals surface area contributed by atoms with E-state index in [1.54, 1.807) is 6.08 Å². The molecule has 0 fully saturated rings. The zero-order valence-corrected chi connectivity index (χ0v) is 9.22. The minimum absolute atomic E-state index is 0.0235. The van der Waals surface area contributed by atoms with Gasteiger partial charge in [-0.15, -0.1) is 0 Å². The molecule has 0 aliphatic rings. The van der Waals surface area contributed by atoms with Gasteiger partial charge in [-0.2, -0.15) is 0 Å². The van der Waals surface area contributed by atoms with E-state index in [0.717, 1.165) is 12.0 Å². The van der Waals surface area contributed by atoms with E-state index in [4.69, 9.17) is 4.74 Å². The Morgan fingerprint density at radius 2 is 2.14 bits per heavy atom. The van der Waals surface area contributed by atoms with Crippen LogP contribution in [0.5, 0.6) is 0 Å². The highest BCUT2D eigenvalue weighted by molar-refractivity contribution is 5.15. The van der Waals surface area contributed by atoms with Crippen molar-refractivity contribution in [1.29, 1.82) is 0 Å². The summed E-state index contributed by atoms with van der Waals surface area (Å²) in [4.78, 5) is 0. The Bertz CT molecular complexity index is 226. The Morgan fingerprint density at radius 1 is 1.50 bits per heavy atom. The van der Waals surface area contributed by atoms with E-state index in [-0.39, 0.29) is 18.4 Å². The van der Waals surface area contributed by atoms with Gasteiger partial charge in [0.2, 0.25) is 0 Å². The van der Waals surface area contributed by atoms with Gasteiger partial charge in [0.05, 0.1) is 6.10 Å². The van der Waals surface area contributed by atoms with Crippen molar-refractivity contribution in [3.8, 4) is 0 Å². The molecule has 1 nitrogen and oxygen atoms in total. The van der Waals surface area contributed by atoms with Gasteiger partial charge in [0.25, 0.3) is 0 Å². The van der Waals surface area contributed by atoms with Crippen molar-refractivity contribution in [2.24, 2.45) is 0 Å². The molecule has 14 heavy (non-hydrogen) atoms. The van der Waals surface area contributed by atoms with Crippen LogP contribution in [0.25, 0.3) is 0 Å². The topological polar surface area (TPSA) is 9.23 Å². The van der Waals surface area contributed by atoms with Gasteiger partial charge >= 0.3 is 0 Å². The first-order valence-electron chi connectivity index (χ1n) is 4.90. The molecule has 0 spiro atoms. The number of halogens is 1. The Balaban J connectivity index is 3.83. The SMILES string of the molecule is C=C(C=CC/C(F)=C/OC(C)C)CC. The number of hydrogen-bond acceptors (Lipinski definition) is 1. The Morgan fingerprint density at radius 3 is 2.64 bits per heavy atom. The van der Waals surface area contributed by atoms with Crippen LogP contribution in [-0.2, 0) is 4.74 Å². The summed E-state index contributed by atoms with van der Waals surface area (Å²) in [6.07, 6.45) is 5.94. The highest BCUT2D eigenvalue weighted by Crippen LogP contribution is 2.07. The van der Waals surface area contributed by atoms with E-state index >= 15 is 0 Å². The molecular formula is C12H19FO. The summed E-state index contributed by atoms with van der Waals surface area (Å²) >= 11 is 0. The van der Waals surface area contributed by atoms with E-state index in [2.05, 4.69) is 6.58 Å². The quantitative estimate of drug-likeness (QED) is 0.460. The second-order valence-corrected chi connectivity index (χ2v) is 3.37. The lowest BCUT2D eigenvalue weighted by Crippen LogP contribution is -1.95. The van der Waals surface area contributed by atoms with Gasteiger partial charge < -0.3 is 4.74 Å². The maximum atomic E-state index is 13.0. The molecule has 0 aliphatic heterocycles. The van der Waals surface area contributed by atoms with Crippen molar-refractivity contribution in [3.63, 3.8) is 0 Å². The van der Waals surface area contributed by atoms with Gasteiger partial charge in [-0.3, -0.25) is 0 Å². The van der Waals surface area contributed by atoms with Crippen molar-refractivity contribution in [3.05, 3.63) is 36.4 Å². The van der Waals surface area contributed by atoms with Crippen LogP contribution in [0.4, 0.5) is 4.39 Å². The zero-order valence-electron chi connectivity index (χ0n) is 9.22. The summed E-state index contributed by atoms with van der Waals surface area (Å²) in [6, 6.07) is 0. The lowest BCUT2D eigenvalue weighted by Gasteiger charge is -2.03. The lowest BCUT2D eigenvalue weighted by molar-refractivity contribution is 0.172. The highest BCUT2D eigenvalue weighted by Gasteiger charge is 1.93. The van der Waals surface area contributed by atoms with Gasteiger partial charge in [-0.05, 0) is 20.3 Å². The van der Waals surface area contributed by atoms with Crippen molar-refractivity contribution in [2.45, 2.75) is 39.7 Å². The largest absolute Gasteiger partial charge is 0.496 e. The average molecular weight is 198 g/mol. The molecule has 0 aromatic carbocycles. The van der Waals surface area contributed by atoms with E-state index in [0.29, 0.717) is 0 Å². The van der Waals surface area contributed by atoms with E-state index in [9.17, 15) is 4.39 Å². The summed E-state index contributed by atoms with van der Waals surface area (Å²) < 4.78 is 18.0. The first-order valence-corrected chi connectivity index (χ1v) is 4.90. The number of rotatable bonds is 6. The molecule has 0 amide bonds. The van der Waals surface area contributed by atoms with Crippen LogP contribution < -0.4 is 0 Å². The molecule has 0 aromatic rings. The molecular weight excluding hydrogens is 179 g/mol. The van der Waals surface area contributed by atoms with Crippen LogP contribution in [-0.4, -0.2) is 6.10 Å². The van der Waals surface area contributed by atoms with Gasteiger partial charge in [0, 0.05) is 6.42 Å². The fourth-order valence-corrected chi connectivity index (χ4v) is 0.714. The van der Waals surface area contributed by atoms with Crippen molar-refractivity contribution in [2.75, 3.05) is 0 Å². The maximum Gasteiger partial charge on any atom is 0.138 e. The minimum Gasteiger partial charge on any atom is -0.496 e. The first kappa shape index (κ1) is 12.9. The molecule has 80 valence electrons. The van der Waals surface area contributed by atoms with Crippen molar-refractivity contribution >= 4 is 0 Å². The second kappa shape index (κ2) is 7.36. The van der Waals surface area contributed by atoms with Crippen LogP contribution in [0.15, 0.2) is 36.4 Å². The molecule has 0 unspecified atom stereocenters. The fraction of sp³-hybridized carbons (Fsp3) is 0.500. The van der Waals surface area contributed by atoms with E-state index < -0.39 is 0 Å². The predicted molar refractivity (Wildman–Crippen MR) is 58.6 cm³/mol. The number of hydrogen-bond donors (Lipinski definition) is 0.